The van der Waals surface area contributed by atoms with E-state index in [9.17, 15) is 14.7 Å². The van der Waals surface area contributed by atoms with Gasteiger partial charge in [-0.3, -0.25) is 4.90 Å². The standard InChI is InChI=1S/C21H23NO4/c1-13(2)19(20(23)24)22(3)21(25)26-12-18-16-10-6-4-8-14(16)15-9-5-7-11-17(15)18/h4-11,13,18-19H,12H2,1-3H3,(H,23,24). The highest BCUT2D eigenvalue weighted by Crippen LogP contribution is 2.44. The first kappa shape index (κ1) is 18.0. The number of carbonyl (C=O) groups is 2. The number of hydrogen-bond acceptors (Lipinski definition) is 3. The lowest BCUT2D eigenvalue weighted by molar-refractivity contribution is -0.143. The summed E-state index contributed by atoms with van der Waals surface area (Å²) in [6.07, 6.45) is -0.618. The predicted molar refractivity (Wildman–Crippen MR) is 99.1 cm³/mol. The smallest absolute Gasteiger partial charge is 0.410 e. The summed E-state index contributed by atoms with van der Waals surface area (Å²) in [5.41, 5.74) is 4.57. The fourth-order valence-corrected chi connectivity index (χ4v) is 3.71. The fourth-order valence-electron chi connectivity index (χ4n) is 3.71. The van der Waals surface area contributed by atoms with E-state index in [0.717, 1.165) is 22.3 Å². The molecule has 0 saturated heterocycles. The average Bonchev–Trinajstić information content (AvgIpc) is 2.93. The highest BCUT2D eigenvalue weighted by Gasteiger charge is 2.33. The first-order valence-corrected chi connectivity index (χ1v) is 8.72. The maximum absolute atomic E-state index is 12.4. The Morgan fingerprint density at radius 3 is 2.00 bits per heavy atom. The van der Waals surface area contributed by atoms with E-state index in [4.69, 9.17) is 4.74 Å². The van der Waals surface area contributed by atoms with E-state index in [1.165, 1.54) is 11.9 Å². The van der Waals surface area contributed by atoms with Crippen molar-refractivity contribution < 1.29 is 19.4 Å². The Morgan fingerprint density at radius 2 is 1.54 bits per heavy atom. The number of carboxylic acids is 1. The predicted octanol–water partition coefficient (Wildman–Crippen LogP) is 3.98. The molecule has 136 valence electrons. The molecule has 0 fully saturated rings. The Balaban J connectivity index is 1.78. The minimum Gasteiger partial charge on any atom is -0.480 e. The van der Waals surface area contributed by atoms with Gasteiger partial charge < -0.3 is 9.84 Å². The molecule has 0 bridgehead atoms. The topological polar surface area (TPSA) is 66.8 Å². The van der Waals surface area contributed by atoms with E-state index in [2.05, 4.69) is 12.1 Å². The summed E-state index contributed by atoms with van der Waals surface area (Å²) in [6.45, 7) is 3.72. The molecule has 3 rings (SSSR count). The molecule has 5 heteroatoms. The SMILES string of the molecule is CC(C)C(C(=O)O)N(C)C(=O)OCC1c2ccccc2-c2ccccc21. The third kappa shape index (κ3) is 3.17. The molecule has 1 atom stereocenters. The highest BCUT2D eigenvalue weighted by atomic mass is 16.6. The molecule has 5 nitrogen and oxygen atoms in total. The van der Waals surface area contributed by atoms with Crippen molar-refractivity contribution in [1.29, 1.82) is 0 Å². The summed E-state index contributed by atoms with van der Waals surface area (Å²) in [6, 6.07) is 15.3. The number of rotatable bonds is 5. The van der Waals surface area contributed by atoms with Crippen molar-refractivity contribution in [2.75, 3.05) is 13.7 Å². The molecule has 1 amide bonds. The van der Waals surface area contributed by atoms with Gasteiger partial charge in [0.15, 0.2) is 0 Å². The van der Waals surface area contributed by atoms with Crippen molar-refractivity contribution in [2.45, 2.75) is 25.8 Å². The van der Waals surface area contributed by atoms with Gasteiger partial charge in [0.25, 0.3) is 0 Å². The van der Waals surface area contributed by atoms with Crippen LogP contribution < -0.4 is 0 Å². The number of hydrogen-bond donors (Lipinski definition) is 1. The summed E-state index contributed by atoms with van der Waals surface area (Å²) >= 11 is 0. The van der Waals surface area contributed by atoms with Crippen LogP contribution in [0, 0.1) is 5.92 Å². The van der Waals surface area contributed by atoms with Gasteiger partial charge in [-0.15, -0.1) is 0 Å². The van der Waals surface area contributed by atoms with Gasteiger partial charge in [-0.05, 0) is 28.2 Å². The molecule has 0 aromatic heterocycles. The van der Waals surface area contributed by atoms with Crippen molar-refractivity contribution in [3.05, 3.63) is 59.7 Å². The van der Waals surface area contributed by atoms with Crippen LogP contribution in [0.4, 0.5) is 4.79 Å². The maximum Gasteiger partial charge on any atom is 0.410 e. The zero-order valence-electron chi connectivity index (χ0n) is 15.2. The van der Waals surface area contributed by atoms with Crippen molar-refractivity contribution in [2.24, 2.45) is 5.92 Å². The van der Waals surface area contributed by atoms with Crippen molar-refractivity contribution >= 4 is 12.1 Å². The number of fused-ring (bicyclic) bond motifs is 3. The first-order valence-electron chi connectivity index (χ1n) is 8.72. The Kier molecular flexibility index (Phi) is 4.98. The average molecular weight is 353 g/mol. The number of amides is 1. The lowest BCUT2D eigenvalue weighted by Crippen LogP contribution is -2.46. The van der Waals surface area contributed by atoms with E-state index in [0.29, 0.717) is 0 Å². The molecule has 1 unspecified atom stereocenters. The maximum atomic E-state index is 12.4. The quantitative estimate of drug-likeness (QED) is 0.883. The number of ether oxygens (including phenoxy) is 1. The second kappa shape index (κ2) is 7.20. The lowest BCUT2D eigenvalue weighted by Gasteiger charge is -2.27. The molecule has 0 spiro atoms. The highest BCUT2D eigenvalue weighted by molar-refractivity contribution is 5.81. The van der Waals surface area contributed by atoms with E-state index in [1.54, 1.807) is 13.8 Å². The molecule has 0 saturated carbocycles. The molecule has 0 aliphatic heterocycles. The van der Waals surface area contributed by atoms with Crippen LogP contribution in [0.25, 0.3) is 11.1 Å². The zero-order chi connectivity index (χ0) is 18.8. The van der Waals surface area contributed by atoms with Crippen LogP contribution in [0.5, 0.6) is 0 Å². The monoisotopic (exact) mass is 353 g/mol. The third-order valence-electron chi connectivity index (χ3n) is 4.93. The van der Waals surface area contributed by atoms with Gasteiger partial charge in [-0.2, -0.15) is 0 Å². The molecular weight excluding hydrogens is 330 g/mol. The van der Waals surface area contributed by atoms with E-state index in [-0.39, 0.29) is 18.4 Å². The fraction of sp³-hybridized carbons (Fsp3) is 0.333. The Bertz CT molecular complexity index is 785. The molecule has 1 N–H and O–H groups in total. The minimum absolute atomic E-state index is 0.0397. The number of aliphatic carboxylic acids is 1. The van der Waals surface area contributed by atoms with Crippen LogP contribution >= 0.6 is 0 Å². The Morgan fingerprint density at radius 1 is 1.04 bits per heavy atom. The molecule has 26 heavy (non-hydrogen) atoms. The van der Waals surface area contributed by atoms with Crippen molar-refractivity contribution in [3.8, 4) is 11.1 Å². The second-order valence-corrected chi connectivity index (χ2v) is 6.94. The van der Waals surface area contributed by atoms with E-state index >= 15 is 0 Å². The Hall–Kier alpha value is -2.82. The molecule has 1 aliphatic carbocycles. The van der Waals surface area contributed by atoms with E-state index < -0.39 is 18.1 Å². The summed E-state index contributed by atoms with van der Waals surface area (Å²) in [5, 5.41) is 9.35. The largest absolute Gasteiger partial charge is 0.480 e. The van der Waals surface area contributed by atoms with Crippen LogP contribution in [0.2, 0.25) is 0 Å². The van der Waals surface area contributed by atoms with E-state index in [1.807, 2.05) is 36.4 Å². The van der Waals surface area contributed by atoms with Crippen molar-refractivity contribution in [3.63, 3.8) is 0 Å². The van der Waals surface area contributed by atoms with Gasteiger partial charge in [0.1, 0.15) is 12.6 Å². The van der Waals surface area contributed by atoms with Crippen LogP contribution in [0.15, 0.2) is 48.5 Å². The summed E-state index contributed by atoms with van der Waals surface area (Å²) < 4.78 is 5.51. The van der Waals surface area contributed by atoms with Crippen LogP contribution in [-0.4, -0.2) is 41.8 Å². The van der Waals surface area contributed by atoms with Crippen LogP contribution in [0.1, 0.15) is 30.9 Å². The van der Waals surface area contributed by atoms with Crippen molar-refractivity contribution in [1.82, 2.24) is 4.90 Å². The van der Waals surface area contributed by atoms with Gasteiger partial charge in [0.05, 0.1) is 0 Å². The number of carboxylic acid groups (broad SMARTS) is 1. The number of nitrogens with zero attached hydrogens (tertiary/aromatic N) is 1. The molecular formula is C21H23NO4. The normalized spacial score (nSPS) is 13.8. The number of carbonyl (C=O) groups excluding carboxylic acids is 1. The van der Waals surface area contributed by atoms with Gasteiger partial charge >= 0.3 is 12.1 Å². The zero-order valence-corrected chi connectivity index (χ0v) is 15.2. The lowest BCUT2D eigenvalue weighted by atomic mass is 9.98. The summed E-state index contributed by atoms with van der Waals surface area (Å²) in [7, 11) is 1.47. The van der Waals surface area contributed by atoms with Gasteiger partial charge in [0, 0.05) is 13.0 Å². The molecule has 2 aromatic carbocycles. The van der Waals surface area contributed by atoms with Crippen LogP contribution in [0.3, 0.4) is 0 Å². The second-order valence-electron chi connectivity index (χ2n) is 6.94. The molecule has 1 aliphatic rings. The minimum atomic E-state index is -1.03. The molecule has 0 heterocycles. The number of likely N-dealkylation sites (N-methyl/N-ethyl adjacent to an activating group) is 1. The van der Waals surface area contributed by atoms with Crippen LogP contribution in [-0.2, 0) is 9.53 Å². The molecule has 0 radical (unpaired) electrons. The molecule has 2 aromatic rings. The van der Waals surface area contributed by atoms with Gasteiger partial charge in [-0.25, -0.2) is 9.59 Å². The van der Waals surface area contributed by atoms with Gasteiger partial charge in [-0.1, -0.05) is 62.4 Å². The first-order chi connectivity index (χ1) is 12.4. The summed E-state index contributed by atoms with van der Waals surface area (Å²) in [4.78, 5) is 25.0. The van der Waals surface area contributed by atoms with Gasteiger partial charge in [0.2, 0.25) is 0 Å². The summed E-state index contributed by atoms with van der Waals surface area (Å²) in [5.74, 6) is -1.28. The Labute approximate surface area is 153 Å². The number of benzene rings is 2. The third-order valence-corrected chi connectivity index (χ3v) is 4.93.